The molecule has 1 N–H and O–H groups in total. The molecule has 8 heteroatoms. The number of nitrogens with zero attached hydrogens (tertiary/aromatic N) is 4. The molecule has 1 aromatic carbocycles. The van der Waals surface area contributed by atoms with Crippen LogP contribution in [-0.4, -0.2) is 86.7 Å². The van der Waals surface area contributed by atoms with E-state index in [0.717, 1.165) is 37.7 Å². The van der Waals surface area contributed by atoms with Crippen LogP contribution in [0.25, 0.3) is 0 Å². The van der Waals surface area contributed by atoms with E-state index < -0.39 is 0 Å². The van der Waals surface area contributed by atoms with Crippen molar-refractivity contribution in [3.8, 4) is 5.75 Å². The average Bonchev–Trinajstić information content (AvgIpc) is 2.78. The van der Waals surface area contributed by atoms with E-state index in [1.54, 1.807) is 12.1 Å². The summed E-state index contributed by atoms with van der Waals surface area (Å²) in [6.45, 7) is 8.93. The van der Waals surface area contributed by atoms with Gasteiger partial charge in [-0.15, -0.1) is 24.0 Å². The summed E-state index contributed by atoms with van der Waals surface area (Å²) >= 11 is 0. The molecule has 0 aromatic heterocycles. The standard InChI is InChI=1S/C24H40FN5O.HI/c1-5-26-23(29(3)18-20-9-10-22(31-4)21(25)17-20)27-19-24(11-15-28(2)16-12-24)30-13-7-6-8-14-30;/h9-10,17H,5-8,11-16,18-19H2,1-4H3,(H,26,27);1H. The molecule has 2 fully saturated rings. The van der Waals surface area contributed by atoms with E-state index in [0.29, 0.717) is 6.54 Å². The van der Waals surface area contributed by atoms with Crippen LogP contribution in [0.3, 0.4) is 0 Å². The minimum Gasteiger partial charge on any atom is -0.494 e. The lowest BCUT2D eigenvalue weighted by molar-refractivity contribution is 0.0206. The van der Waals surface area contributed by atoms with Gasteiger partial charge in [-0.25, -0.2) is 4.39 Å². The van der Waals surface area contributed by atoms with Crippen molar-refractivity contribution in [3.05, 3.63) is 29.6 Å². The van der Waals surface area contributed by atoms with Crippen molar-refractivity contribution in [1.82, 2.24) is 20.0 Å². The molecule has 0 radical (unpaired) electrons. The predicted octanol–water partition coefficient (Wildman–Crippen LogP) is 3.80. The Bertz CT molecular complexity index is 733. The third-order valence-electron chi connectivity index (χ3n) is 6.80. The lowest BCUT2D eigenvalue weighted by Crippen LogP contribution is -2.58. The SMILES string of the molecule is CCNC(=NCC1(N2CCCCC2)CCN(C)CC1)N(C)Cc1ccc(OC)c(F)c1.I. The van der Waals surface area contributed by atoms with Crippen molar-refractivity contribution in [3.63, 3.8) is 0 Å². The van der Waals surface area contributed by atoms with Gasteiger partial charge in [0.1, 0.15) is 0 Å². The second-order valence-corrected chi connectivity index (χ2v) is 9.07. The molecule has 0 bridgehead atoms. The number of rotatable bonds is 7. The molecular formula is C24H41FIN5O. The number of ether oxygens (including phenoxy) is 1. The van der Waals surface area contributed by atoms with E-state index in [4.69, 9.17) is 9.73 Å². The van der Waals surface area contributed by atoms with Gasteiger partial charge in [0.25, 0.3) is 0 Å². The van der Waals surface area contributed by atoms with Crippen LogP contribution in [-0.2, 0) is 6.54 Å². The van der Waals surface area contributed by atoms with Gasteiger partial charge in [0.05, 0.1) is 13.7 Å². The molecule has 0 saturated carbocycles. The molecule has 0 aliphatic carbocycles. The average molecular weight is 562 g/mol. The zero-order valence-corrected chi connectivity index (χ0v) is 22.5. The van der Waals surface area contributed by atoms with Crippen molar-refractivity contribution in [2.45, 2.75) is 51.1 Å². The summed E-state index contributed by atoms with van der Waals surface area (Å²) in [6.07, 6.45) is 6.27. The minimum atomic E-state index is -0.328. The van der Waals surface area contributed by atoms with Gasteiger partial charge in [-0.1, -0.05) is 12.5 Å². The second kappa shape index (κ2) is 12.9. The molecule has 0 spiro atoms. The van der Waals surface area contributed by atoms with Crippen LogP contribution in [0, 0.1) is 5.82 Å². The monoisotopic (exact) mass is 561 g/mol. The summed E-state index contributed by atoms with van der Waals surface area (Å²) in [5.74, 6) is 0.831. The first-order chi connectivity index (χ1) is 15.0. The predicted molar refractivity (Wildman–Crippen MR) is 141 cm³/mol. The molecule has 3 rings (SSSR count). The highest BCUT2D eigenvalue weighted by molar-refractivity contribution is 14.0. The van der Waals surface area contributed by atoms with E-state index in [1.807, 2.05) is 13.1 Å². The molecule has 2 heterocycles. The highest BCUT2D eigenvalue weighted by Crippen LogP contribution is 2.32. The van der Waals surface area contributed by atoms with Crippen LogP contribution in [0.2, 0.25) is 0 Å². The Balaban J connectivity index is 0.00000363. The van der Waals surface area contributed by atoms with Crippen molar-refractivity contribution < 1.29 is 9.13 Å². The number of guanidine groups is 1. The number of hydrogen-bond donors (Lipinski definition) is 1. The molecular weight excluding hydrogens is 520 g/mol. The highest BCUT2D eigenvalue weighted by Gasteiger charge is 2.39. The number of piperidine rings is 2. The fourth-order valence-corrected chi connectivity index (χ4v) is 4.83. The Hall–Kier alpha value is -1.13. The van der Waals surface area contributed by atoms with Gasteiger partial charge in [0.2, 0.25) is 0 Å². The summed E-state index contributed by atoms with van der Waals surface area (Å²) in [4.78, 5) is 12.4. The van der Waals surface area contributed by atoms with Crippen LogP contribution in [0.4, 0.5) is 4.39 Å². The third-order valence-corrected chi connectivity index (χ3v) is 6.80. The zero-order chi connectivity index (χ0) is 22.3. The molecule has 2 saturated heterocycles. The summed E-state index contributed by atoms with van der Waals surface area (Å²) in [5.41, 5.74) is 1.05. The van der Waals surface area contributed by atoms with Crippen molar-refractivity contribution >= 4 is 29.9 Å². The van der Waals surface area contributed by atoms with Gasteiger partial charge in [-0.2, -0.15) is 0 Å². The van der Waals surface area contributed by atoms with Crippen LogP contribution < -0.4 is 10.1 Å². The molecule has 1 aromatic rings. The van der Waals surface area contributed by atoms with Gasteiger partial charge >= 0.3 is 0 Å². The summed E-state index contributed by atoms with van der Waals surface area (Å²) < 4.78 is 19.2. The zero-order valence-electron chi connectivity index (χ0n) is 20.2. The Morgan fingerprint density at radius 3 is 2.47 bits per heavy atom. The topological polar surface area (TPSA) is 43.3 Å². The van der Waals surface area contributed by atoms with Crippen molar-refractivity contribution in [1.29, 1.82) is 0 Å². The third kappa shape index (κ3) is 6.93. The molecule has 0 amide bonds. The maximum absolute atomic E-state index is 14.1. The molecule has 0 unspecified atom stereocenters. The van der Waals surface area contributed by atoms with E-state index in [9.17, 15) is 4.39 Å². The maximum atomic E-state index is 14.1. The van der Waals surface area contributed by atoms with Crippen LogP contribution in [0.1, 0.15) is 44.6 Å². The molecule has 0 atom stereocenters. The Kier molecular flexibility index (Phi) is 11.0. The number of benzene rings is 1. The van der Waals surface area contributed by atoms with E-state index in [-0.39, 0.29) is 41.1 Å². The first-order valence-corrected chi connectivity index (χ1v) is 11.7. The number of likely N-dealkylation sites (tertiary alicyclic amines) is 2. The van der Waals surface area contributed by atoms with Crippen LogP contribution in [0.5, 0.6) is 5.75 Å². The smallest absolute Gasteiger partial charge is 0.194 e. The molecule has 182 valence electrons. The number of halogens is 2. The first kappa shape index (κ1) is 27.1. The first-order valence-electron chi connectivity index (χ1n) is 11.7. The Morgan fingerprint density at radius 2 is 1.88 bits per heavy atom. The molecule has 2 aliphatic heterocycles. The minimum absolute atomic E-state index is 0. The van der Waals surface area contributed by atoms with Crippen LogP contribution >= 0.6 is 24.0 Å². The van der Waals surface area contributed by atoms with Gasteiger partial charge in [0.15, 0.2) is 17.5 Å². The normalized spacial score (nSPS) is 19.8. The van der Waals surface area contributed by atoms with E-state index in [2.05, 4.69) is 34.0 Å². The number of aliphatic imine (C=N–C) groups is 1. The fraction of sp³-hybridized carbons (Fsp3) is 0.708. The summed E-state index contributed by atoms with van der Waals surface area (Å²) in [7, 11) is 5.72. The quantitative estimate of drug-likeness (QED) is 0.312. The molecule has 2 aliphatic rings. The van der Waals surface area contributed by atoms with E-state index >= 15 is 0 Å². The molecule has 32 heavy (non-hydrogen) atoms. The van der Waals surface area contributed by atoms with Gasteiger partial charge in [-0.05, 0) is 83.5 Å². The maximum Gasteiger partial charge on any atom is 0.194 e. The lowest BCUT2D eigenvalue weighted by Gasteiger charge is -2.49. The van der Waals surface area contributed by atoms with Crippen molar-refractivity contribution in [2.75, 3.05) is 60.5 Å². The largest absolute Gasteiger partial charge is 0.494 e. The van der Waals surface area contributed by atoms with Gasteiger partial charge in [-0.3, -0.25) is 9.89 Å². The highest BCUT2D eigenvalue weighted by atomic mass is 127. The lowest BCUT2D eigenvalue weighted by atomic mass is 9.84. The number of hydrogen-bond acceptors (Lipinski definition) is 4. The van der Waals surface area contributed by atoms with E-state index in [1.165, 1.54) is 52.3 Å². The van der Waals surface area contributed by atoms with Crippen LogP contribution in [0.15, 0.2) is 23.2 Å². The fourth-order valence-electron chi connectivity index (χ4n) is 4.83. The molecule has 6 nitrogen and oxygen atoms in total. The number of methoxy groups -OCH3 is 1. The Morgan fingerprint density at radius 1 is 1.19 bits per heavy atom. The van der Waals surface area contributed by atoms with Crippen molar-refractivity contribution in [2.24, 2.45) is 4.99 Å². The number of nitrogens with one attached hydrogen (secondary N) is 1. The summed E-state index contributed by atoms with van der Waals surface area (Å²) in [5, 5.41) is 3.44. The summed E-state index contributed by atoms with van der Waals surface area (Å²) in [6, 6.07) is 5.14. The van der Waals surface area contributed by atoms with Gasteiger partial charge < -0.3 is 19.9 Å². The second-order valence-electron chi connectivity index (χ2n) is 9.07. The van der Waals surface area contributed by atoms with Gasteiger partial charge in [0, 0.05) is 25.7 Å². The Labute approximate surface area is 210 Å².